The Morgan fingerprint density at radius 3 is 2.65 bits per heavy atom. The summed E-state index contributed by atoms with van der Waals surface area (Å²) in [6.07, 6.45) is 7.24. The molecule has 0 radical (unpaired) electrons. The second kappa shape index (κ2) is 12.7. The average molecular weight is 331 g/mol. The Balaban J connectivity index is 2.04. The number of hydrogen-bond donors (Lipinski definition) is 1. The van der Waals surface area contributed by atoms with Gasteiger partial charge in [-0.1, -0.05) is 12.8 Å². The number of ether oxygens (including phenoxy) is 4. The number of hydrogen-bond acceptors (Lipinski definition) is 6. The van der Waals surface area contributed by atoms with Crippen LogP contribution in [0.1, 0.15) is 51.9 Å². The monoisotopic (exact) mass is 331 g/mol. The Labute approximate surface area is 140 Å². The van der Waals surface area contributed by atoms with Crippen LogP contribution in [-0.4, -0.2) is 58.4 Å². The summed E-state index contributed by atoms with van der Waals surface area (Å²) in [5.74, 6) is -0.109. The van der Waals surface area contributed by atoms with Crippen molar-refractivity contribution in [3.8, 4) is 0 Å². The number of unbranched alkanes of at least 4 members (excludes halogenated alkanes) is 2. The van der Waals surface area contributed by atoms with Crippen molar-refractivity contribution < 1.29 is 23.7 Å². The second-order valence-corrected chi connectivity index (χ2v) is 6.13. The van der Waals surface area contributed by atoms with Gasteiger partial charge < -0.3 is 24.3 Å². The molecule has 1 saturated heterocycles. The van der Waals surface area contributed by atoms with E-state index >= 15 is 0 Å². The van der Waals surface area contributed by atoms with Crippen LogP contribution in [0.3, 0.4) is 0 Å². The van der Waals surface area contributed by atoms with Crippen molar-refractivity contribution in [2.45, 2.75) is 70.1 Å². The van der Waals surface area contributed by atoms with Gasteiger partial charge in [0.15, 0.2) is 0 Å². The van der Waals surface area contributed by atoms with Crippen LogP contribution in [0.25, 0.3) is 0 Å². The van der Waals surface area contributed by atoms with E-state index in [2.05, 4.69) is 17.0 Å². The van der Waals surface area contributed by atoms with Crippen LogP contribution in [0.4, 0.5) is 0 Å². The molecule has 6 nitrogen and oxygen atoms in total. The van der Waals surface area contributed by atoms with Crippen LogP contribution >= 0.6 is 0 Å². The molecule has 1 N–H and O–H groups in total. The zero-order chi connectivity index (χ0) is 16.9. The summed E-state index contributed by atoms with van der Waals surface area (Å²) in [6.45, 7) is 3.67. The van der Waals surface area contributed by atoms with Gasteiger partial charge in [-0.25, -0.2) is 0 Å². The molecule has 0 saturated carbocycles. The van der Waals surface area contributed by atoms with Crippen molar-refractivity contribution >= 4 is 5.97 Å². The van der Waals surface area contributed by atoms with Crippen LogP contribution in [0, 0.1) is 0 Å². The quantitative estimate of drug-likeness (QED) is 0.336. The SMILES string of the molecule is COCCOCO[C@H]1CC[C@@H](CCCCCC(=O)OC)N[C@H]1C. The molecule has 0 aromatic carbocycles. The van der Waals surface area contributed by atoms with Crippen LogP contribution in [0.2, 0.25) is 0 Å². The predicted octanol–water partition coefficient (Wildman–Crippen LogP) is 2.26. The Hall–Kier alpha value is -0.690. The lowest BCUT2D eigenvalue weighted by Crippen LogP contribution is -2.49. The molecule has 0 bridgehead atoms. The molecule has 0 unspecified atom stereocenters. The largest absolute Gasteiger partial charge is 0.469 e. The molecule has 6 heteroatoms. The highest BCUT2D eigenvalue weighted by Gasteiger charge is 2.27. The van der Waals surface area contributed by atoms with Gasteiger partial charge in [-0.05, 0) is 32.6 Å². The minimum absolute atomic E-state index is 0.109. The first-order chi connectivity index (χ1) is 11.2. The second-order valence-electron chi connectivity index (χ2n) is 6.13. The fourth-order valence-electron chi connectivity index (χ4n) is 2.91. The standard InChI is InChI=1S/C17H33NO5/c1-14-16(23-13-22-12-11-20-2)10-9-15(18-14)7-5-4-6-8-17(19)21-3/h14-16,18H,4-13H2,1-3H3/t14-,15+,16-/m0/s1. The molecule has 0 amide bonds. The maximum atomic E-state index is 11.0. The molecule has 1 aliphatic heterocycles. The third-order valence-electron chi connectivity index (χ3n) is 4.31. The van der Waals surface area contributed by atoms with E-state index in [1.54, 1.807) is 7.11 Å². The average Bonchev–Trinajstić information content (AvgIpc) is 2.55. The summed E-state index contributed by atoms with van der Waals surface area (Å²) >= 11 is 0. The molecule has 1 fully saturated rings. The maximum absolute atomic E-state index is 11.0. The highest BCUT2D eigenvalue weighted by atomic mass is 16.7. The maximum Gasteiger partial charge on any atom is 0.305 e. The Kier molecular flexibility index (Phi) is 11.2. The van der Waals surface area contributed by atoms with E-state index in [1.807, 2.05) is 0 Å². The number of nitrogens with one attached hydrogen (secondary N) is 1. The lowest BCUT2D eigenvalue weighted by atomic mass is 9.93. The third kappa shape index (κ3) is 9.25. The van der Waals surface area contributed by atoms with E-state index in [4.69, 9.17) is 14.2 Å². The predicted molar refractivity (Wildman–Crippen MR) is 88.3 cm³/mol. The smallest absolute Gasteiger partial charge is 0.305 e. The molecular formula is C17H33NO5. The molecule has 3 atom stereocenters. The van der Waals surface area contributed by atoms with Gasteiger partial charge in [0.25, 0.3) is 0 Å². The molecule has 0 spiro atoms. The number of rotatable bonds is 12. The van der Waals surface area contributed by atoms with E-state index in [9.17, 15) is 4.79 Å². The topological polar surface area (TPSA) is 66.0 Å². The number of piperidine rings is 1. The van der Waals surface area contributed by atoms with Gasteiger partial charge in [-0.3, -0.25) is 4.79 Å². The van der Waals surface area contributed by atoms with Crippen LogP contribution in [0.5, 0.6) is 0 Å². The normalized spacial score (nSPS) is 24.6. The zero-order valence-electron chi connectivity index (χ0n) is 14.8. The van der Waals surface area contributed by atoms with E-state index < -0.39 is 0 Å². The third-order valence-corrected chi connectivity index (χ3v) is 4.31. The van der Waals surface area contributed by atoms with Crippen molar-refractivity contribution in [3.63, 3.8) is 0 Å². The summed E-state index contributed by atoms with van der Waals surface area (Å²) in [5.41, 5.74) is 0. The summed E-state index contributed by atoms with van der Waals surface area (Å²) < 4.78 is 20.7. The highest BCUT2D eigenvalue weighted by Crippen LogP contribution is 2.20. The summed E-state index contributed by atoms with van der Waals surface area (Å²) in [6, 6.07) is 0.896. The van der Waals surface area contributed by atoms with Crippen LogP contribution in [-0.2, 0) is 23.7 Å². The van der Waals surface area contributed by atoms with Gasteiger partial charge in [0.1, 0.15) is 6.79 Å². The minimum Gasteiger partial charge on any atom is -0.469 e. The molecule has 1 aliphatic rings. The molecule has 1 rings (SSSR count). The van der Waals surface area contributed by atoms with Crippen molar-refractivity contribution in [2.75, 3.05) is 34.2 Å². The van der Waals surface area contributed by atoms with Gasteiger partial charge in [0.2, 0.25) is 0 Å². The van der Waals surface area contributed by atoms with Crippen molar-refractivity contribution in [2.24, 2.45) is 0 Å². The van der Waals surface area contributed by atoms with Gasteiger partial charge in [0.05, 0.1) is 26.4 Å². The van der Waals surface area contributed by atoms with E-state index in [-0.39, 0.29) is 12.1 Å². The number of esters is 1. The van der Waals surface area contributed by atoms with E-state index in [1.165, 1.54) is 7.11 Å². The zero-order valence-corrected chi connectivity index (χ0v) is 14.8. The summed E-state index contributed by atoms with van der Waals surface area (Å²) in [5, 5.41) is 3.63. The Bertz CT molecular complexity index is 313. The van der Waals surface area contributed by atoms with Gasteiger partial charge in [-0.2, -0.15) is 0 Å². The first-order valence-electron chi connectivity index (χ1n) is 8.68. The molecule has 136 valence electrons. The number of carbonyl (C=O) groups is 1. The lowest BCUT2D eigenvalue weighted by molar-refractivity contribution is -0.140. The van der Waals surface area contributed by atoms with Crippen molar-refractivity contribution in [1.29, 1.82) is 0 Å². The molecule has 0 aromatic heterocycles. The molecule has 23 heavy (non-hydrogen) atoms. The van der Waals surface area contributed by atoms with Crippen molar-refractivity contribution in [3.05, 3.63) is 0 Å². The van der Waals surface area contributed by atoms with E-state index in [0.717, 1.165) is 38.5 Å². The minimum atomic E-state index is -0.109. The van der Waals surface area contributed by atoms with Gasteiger partial charge in [-0.15, -0.1) is 0 Å². The van der Waals surface area contributed by atoms with Crippen LogP contribution in [0.15, 0.2) is 0 Å². The molecule has 1 heterocycles. The van der Waals surface area contributed by atoms with Gasteiger partial charge in [0, 0.05) is 25.6 Å². The number of carbonyl (C=O) groups excluding carboxylic acids is 1. The van der Waals surface area contributed by atoms with Gasteiger partial charge >= 0.3 is 5.97 Å². The Morgan fingerprint density at radius 1 is 1.13 bits per heavy atom. The summed E-state index contributed by atoms with van der Waals surface area (Å²) in [4.78, 5) is 11.0. The number of methoxy groups -OCH3 is 2. The highest BCUT2D eigenvalue weighted by molar-refractivity contribution is 5.68. The molecule has 0 aliphatic carbocycles. The first-order valence-corrected chi connectivity index (χ1v) is 8.68. The summed E-state index contributed by atoms with van der Waals surface area (Å²) in [7, 11) is 3.10. The molecule has 0 aromatic rings. The fraction of sp³-hybridized carbons (Fsp3) is 0.941. The van der Waals surface area contributed by atoms with Crippen molar-refractivity contribution in [1.82, 2.24) is 5.32 Å². The Morgan fingerprint density at radius 2 is 1.96 bits per heavy atom. The van der Waals surface area contributed by atoms with Crippen LogP contribution < -0.4 is 5.32 Å². The lowest BCUT2D eigenvalue weighted by Gasteiger charge is -2.35. The van der Waals surface area contributed by atoms with E-state index in [0.29, 0.717) is 38.5 Å². The first kappa shape index (κ1) is 20.4. The fourth-order valence-corrected chi connectivity index (χ4v) is 2.91. The molecular weight excluding hydrogens is 298 g/mol.